The van der Waals surface area contributed by atoms with E-state index in [0.717, 1.165) is 33.0 Å². The van der Waals surface area contributed by atoms with Crippen molar-refractivity contribution in [2.24, 2.45) is 5.10 Å². The molecule has 0 N–H and O–H groups in total. The molecular formula is C32H21ClN4O2. The second kappa shape index (κ2) is 9.42. The summed E-state index contributed by atoms with van der Waals surface area (Å²) < 4.78 is 9.58. The largest absolute Gasteiger partial charge is 0.453 e. The lowest BCUT2D eigenvalue weighted by Crippen LogP contribution is -2.20. The first kappa shape index (κ1) is 23.2. The number of furan rings is 1. The summed E-state index contributed by atoms with van der Waals surface area (Å²) in [6, 6.07) is 32.8. The van der Waals surface area contributed by atoms with E-state index >= 15 is 0 Å². The predicted octanol–water partition coefficient (Wildman–Crippen LogP) is 7.35. The van der Waals surface area contributed by atoms with Crippen LogP contribution in [-0.2, 0) is 6.54 Å². The normalized spacial score (nSPS) is 11.8. The molecule has 7 rings (SSSR count). The van der Waals surface area contributed by atoms with Crippen molar-refractivity contribution in [3.8, 4) is 11.6 Å². The van der Waals surface area contributed by atoms with Crippen LogP contribution < -0.4 is 5.56 Å². The van der Waals surface area contributed by atoms with Gasteiger partial charge in [-0.3, -0.25) is 4.79 Å². The number of halogens is 1. The van der Waals surface area contributed by atoms with Crippen molar-refractivity contribution in [1.29, 1.82) is 0 Å². The van der Waals surface area contributed by atoms with E-state index in [1.54, 1.807) is 12.3 Å². The molecule has 188 valence electrons. The summed E-state index contributed by atoms with van der Waals surface area (Å²) in [7, 11) is 0. The molecule has 0 aliphatic carbocycles. The monoisotopic (exact) mass is 528 g/mol. The lowest BCUT2D eigenvalue weighted by molar-refractivity contribution is 0.616. The summed E-state index contributed by atoms with van der Waals surface area (Å²) in [5.41, 5.74) is 4.12. The molecule has 0 spiro atoms. The van der Waals surface area contributed by atoms with E-state index in [-0.39, 0.29) is 5.56 Å². The van der Waals surface area contributed by atoms with Gasteiger partial charge in [0.05, 0.1) is 17.1 Å². The number of hydrogen-bond donors (Lipinski definition) is 0. The highest BCUT2D eigenvalue weighted by Gasteiger charge is 2.17. The Labute approximate surface area is 228 Å². The van der Waals surface area contributed by atoms with Crippen molar-refractivity contribution in [2.45, 2.75) is 6.54 Å². The zero-order chi connectivity index (χ0) is 26.3. The van der Waals surface area contributed by atoms with Gasteiger partial charge in [0.15, 0.2) is 5.76 Å². The molecule has 0 bridgehead atoms. The van der Waals surface area contributed by atoms with Gasteiger partial charge in [0.1, 0.15) is 5.58 Å². The maximum absolute atomic E-state index is 13.6. The Morgan fingerprint density at radius 2 is 1.62 bits per heavy atom. The molecule has 0 radical (unpaired) electrons. The number of hydrogen-bond acceptors (Lipinski definition) is 4. The van der Waals surface area contributed by atoms with E-state index < -0.39 is 0 Å². The molecule has 0 fully saturated rings. The third kappa shape index (κ3) is 4.21. The van der Waals surface area contributed by atoms with Crippen LogP contribution in [0.25, 0.3) is 44.4 Å². The molecule has 4 aromatic carbocycles. The zero-order valence-corrected chi connectivity index (χ0v) is 21.4. The van der Waals surface area contributed by atoms with Crippen LogP contribution in [0.4, 0.5) is 0 Å². The number of rotatable bonds is 5. The van der Waals surface area contributed by atoms with Crippen LogP contribution >= 0.6 is 11.6 Å². The smallest absolute Gasteiger partial charge is 0.282 e. The standard InChI is InChI=1S/C32H21ClN4O2/c33-24-15-13-21(14-16-24)19-36-20-23(25-8-3-5-11-28(25)36)18-34-37-31(30-17-22-7-1-6-12-29(22)39-30)35-27-10-4-2-9-26(27)32(37)38/h1-18,20H,19H2. The highest BCUT2D eigenvalue weighted by Crippen LogP contribution is 2.27. The predicted molar refractivity (Wildman–Crippen MR) is 157 cm³/mol. The fourth-order valence-corrected chi connectivity index (χ4v) is 5.02. The van der Waals surface area contributed by atoms with Crippen LogP contribution in [0, 0.1) is 0 Å². The van der Waals surface area contributed by atoms with Crippen LogP contribution in [0.1, 0.15) is 11.1 Å². The third-order valence-corrected chi connectivity index (χ3v) is 7.05. The molecule has 39 heavy (non-hydrogen) atoms. The molecule has 7 aromatic rings. The first-order valence-electron chi connectivity index (χ1n) is 12.5. The number of aromatic nitrogens is 3. The highest BCUT2D eigenvalue weighted by atomic mass is 35.5. The summed E-state index contributed by atoms with van der Waals surface area (Å²) in [4.78, 5) is 18.4. The van der Waals surface area contributed by atoms with Gasteiger partial charge in [-0.1, -0.05) is 72.3 Å². The molecule has 0 aliphatic heterocycles. The first-order chi connectivity index (χ1) is 19.1. The molecule has 0 saturated carbocycles. The number of fused-ring (bicyclic) bond motifs is 3. The average Bonchev–Trinajstić information content (AvgIpc) is 3.55. The van der Waals surface area contributed by atoms with Gasteiger partial charge in [-0.05, 0) is 48.0 Å². The second-order valence-corrected chi connectivity index (χ2v) is 9.75. The van der Waals surface area contributed by atoms with Crippen molar-refractivity contribution in [2.75, 3.05) is 0 Å². The SMILES string of the molecule is O=c1c2ccccc2nc(-c2cc3ccccc3o2)n1N=Cc1cn(Cc2ccc(Cl)cc2)c2ccccc12. The summed E-state index contributed by atoms with van der Waals surface area (Å²) in [6.07, 6.45) is 3.76. The number of nitrogens with zero attached hydrogens (tertiary/aromatic N) is 4. The Hall–Kier alpha value is -4.94. The minimum absolute atomic E-state index is 0.266. The van der Waals surface area contributed by atoms with Crippen LogP contribution in [0.15, 0.2) is 124 Å². The Morgan fingerprint density at radius 1 is 0.872 bits per heavy atom. The van der Waals surface area contributed by atoms with Crippen LogP contribution in [-0.4, -0.2) is 20.4 Å². The minimum Gasteiger partial charge on any atom is -0.453 e. The van der Waals surface area contributed by atoms with Crippen molar-refractivity contribution in [3.05, 3.63) is 136 Å². The third-order valence-electron chi connectivity index (χ3n) is 6.80. The lowest BCUT2D eigenvalue weighted by Gasteiger charge is -2.07. The van der Waals surface area contributed by atoms with Crippen LogP contribution in [0.5, 0.6) is 0 Å². The first-order valence-corrected chi connectivity index (χ1v) is 12.9. The van der Waals surface area contributed by atoms with Crippen LogP contribution in [0.2, 0.25) is 5.02 Å². The molecule has 3 aromatic heterocycles. The van der Waals surface area contributed by atoms with E-state index in [4.69, 9.17) is 21.0 Å². The molecule has 0 unspecified atom stereocenters. The fraction of sp³-hybridized carbons (Fsp3) is 0.0312. The van der Waals surface area contributed by atoms with Crippen molar-refractivity contribution >= 4 is 50.6 Å². The van der Waals surface area contributed by atoms with Gasteiger partial charge in [-0.2, -0.15) is 9.78 Å². The number of para-hydroxylation sites is 3. The Morgan fingerprint density at radius 3 is 2.46 bits per heavy atom. The zero-order valence-electron chi connectivity index (χ0n) is 20.7. The van der Waals surface area contributed by atoms with Gasteiger partial charge in [-0.25, -0.2) is 4.98 Å². The second-order valence-electron chi connectivity index (χ2n) is 9.32. The molecule has 7 heteroatoms. The highest BCUT2D eigenvalue weighted by molar-refractivity contribution is 6.30. The molecule has 0 amide bonds. The van der Waals surface area contributed by atoms with Gasteiger partial charge in [0, 0.05) is 39.6 Å². The Kier molecular flexibility index (Phi) is 5.60. The Bertz CT molecular complexity index is 2050. The van der Waals surface area contributed by atoms with E-state index in [0.29, 0.717) is 34.1 Å². The molecule has 0 aliphatic rings. The number of benzene rings is 4. The maximum Gasteiger partial charge on any atom is 0.282 e. The molecular weight excluding hydrogens is 508 g/mol. The van der Waals surface area contributed by atoms with E-state index in [1.807, 2.05) is 91.1 Å². The van der Waals surface area contributed by atoms with Crippen molar-refractivity contribution in [1.82, 2.24) is 14.2 Å². The van der Waals surface area contributed by atoms with E-state index in [1.165, 1.54) is 4.68 Å². The fourth-order valence-electron chi connectivity index (χ4n) is 4.90. The molecule has 6 nitrogen and oxygen atoms in total. The van der Waals surface area contributed by atoms with E-state index in [9.17, 15) is 4.79 Å². The van der Waals surface area contributed by atoms with E-state index in [2.05, 4.69) is 21.8 Å². The molecule has 3 heterocycles. The van der Waals surface area contributed by atoms with Gasteiger partial charge < -0.3 is 8.98 Å². The minimum atomic E-state index is -0.266. The summed E-state index contributed by atoms with van der Waals surface area (Å²) in [6.45, 7) is 0.674. The topological polar surface area (TPSA) is 65.3 Å². The molecule has 0 atom stereocenters. The van der Waals surface area contributed by atoms with Crippen molar-refractivity contribution in [3.63, 3.8) is 0 Å². The lowest BCUT2D eigenvalue weighted by atomic mass is 10.2. The summed E-state index contributed by atoms with van der Waals surface area (Å²) in [5, 5.41) is 7.83. The van der Waals surface area contributed by atoms with Gasteiger partial charge in [-0.15, -0.1) is 0 Å². The average molecular weight is 529 g/mol. The van der Waals surface area contributed by atoms with Crippen molar-refractivity contribution < 1.29 is 4.42 Å². The quantitative estimate of drug-likeness (QED) is 0.219. The van der Waals surface area contributed by atoms with Crippen LogP contribution in [0.3, 0.4) is 0 Å². The van der Waals surface area contributed by atoms with Gasteiger partial charge in [0.25, 0.3) is 5.56 Å². The summed E-state index contributed by atoms with van der Waals surface area (Å²) >= 11 is 6.08. The van der Waals surface area contributed by atoms with Gasteiger partial charge in [0.2, 0.25) is 5.82 Å². The Balaban J connectivity index is 1.37. The van der Waals surface area contributed by atoms with Gasteiger partial charge >= 0.3 is 0 Å². The summed E-state index contributed by atoms with van der Waals surface area (Å²) in [5.74, 6) is 0.817. The molecule has 0 saturated heterocycles. The maximum atomic E-state index is 13.6.